The fourth-order valence-electron chi connectivity index (χ4n) is 4.61. The Bertz CT molecular complexity index is 966. The first-order chi connectivity index (χ1) is 15.6. The molecule has 2 aromatic rings. The topological polar surface area (TPSA) is 70.7 Å². The van der Waals surface area contributed by atoms with Gasteiger partial charge in [0.25, 0.3) is 0 Å². The zero-order chi connectivity index (χ0) is 23.8. The molecule has 2 heterocycles. The van der Waals surface area contributed by atoms with Gasteiger partial charge in [0, 0.05) is 32.2 Å². The summed E-state index contributed by atoms with van der Waals surface area (Å²) in [5.74, 6) is 1.55. The van der Waals surface area contributed by atoms with Crippen LogP contribution in [0.4, 0.5) is 18.0 Å². The Kier molecular flexibility index (Phi) is 6.56. The molecule has 1 N–H and O–H groups in total. The Labute approximate surface area is 190 Å². The lowest BCUT2D eigenvalue weighted by molar-refractivity contribution is -0.274. The molecule has 2 aliphatic rings. The standard InChI is InChI=1S/C23H29F3N4O3/c1-4-29-11-17-18(12-29)19(17)13-30(22(31)32-21-9-20(14(2)3)27-28-21)10-15-6-5-7-16(8-15)33-23(24,25)26/h5-9,14,17-19H,4,10-13H2,1-3H3,(H,27,28). The molecule has 180 valence electrons. The molecule has 1 aliphatic heterocycles. The molecular weight excluding hydrogens is 437 g/mol. The van der Waals surface area contributed by atoms with Crippen LogP contribution in [0.5, 0.6) is 11.6 Å². The fourth-order valence-corrected chi connectivity index (χ4v) is 4.61. The molecule has 4 rings (SSSR count). The van der Waals surface area contributed by atoms with Crippen molar-refractivity contribution >= 4 is 6.09 Å². The summed E-state index contributed by atoms with van der Waals surface area (Å²) in [7, 11) is 0. The van der Waals surface area contributed by atoms with Crippen LogP contribution in [0, 0.1) is 17.8 Å². The summed E-state index contributed by atoms with van der Waals surface area (Å²) < 4.78 is 47.4. The van der Waals surface area contributed by atoms with E-state index in [1.165, 1.54) is 18.2 Å². The number of likely N-dealkylation sites (tertiary alicyclic amines) is 1. The molecule has 1 aromatic heterocycles. The van der Waals surface area contributed by atoms with Crippen LogP contribution >= 0.6 is 0 Å². The maximum atomic E-state index is 13.0. The molecule has 2 atom stereocenters. The third-order valence-electron chi connectivity index (χ3n) is 6.45. The van der Waals surface area contributed by atoms with Gasteiger partial charge >= 0.3 is 12.5 Å². The molecule has 0 spiro atoms. The number of halogens is 3. The zero-order valence-corrected chi connectivity index (χ0v) is 18.9. The second-order valence-corrected chi connectivity index (χ2v) is 9.10. The zero-order valence-electron chi connectivity index (χ0n) is 18.9. The minimum atomic E-state index is -4.78. The molecule has 1 amide bonds. The average molecular weight is 467 g/mol. The Morgan fingerprint density at radius 3 is 2.61 bits per heavy atom. The number of hydrogen-bond acceptors (Lipinski definition) is 5. The highest BCUT2D eigenvalue weighted by atomic mass is 19.4. The number of nitrogens with zero attached hydrogens (tertiary/aromatic N) is 3. The number of fused-ring (bicyclic) bond motifs is 1. The Morgan fingerprint density at radius 1 is 1.27 bits per heavy atom. The van der Waals surface area contributed by atoms with E-state index in [1.54, 1.807) is 17.0 Å². The normalized spacial score (nSPS) is 22.3. The van der Waals surface area contributed by atoms with E-state index in [0.29, 0.717) is 29.9 Å². The summed E-state index contributed by atoms with van der Waals surface area (Å²) in [6.07, 6.45) is -5.34. The Balaban J connectivity index is 1.47. The van der Waals surface area contributed by atoms with Gasteiger partial charge < -0.3 is 19.3 Å². The molecule has 1 saturated heterocycles. The van der Waals surface area contributed by atoms with Crippen molar-refractivity contribution in [2.24, 2.45) is 17.8 Å². The van der Waals surface area contributed by atoms with Gasteiger partial charge in [0.05, 0.1) is 5.69 Å². The number of rotatable bonds is 8. The number of nitrogens with one attached hydrogen (secondary N) is 1. The summed E-state index contributed by atoms with van der Waals surface area (Å²) in [6, 6.07) is 7.37. The van der Waals surface area contributed by atoms with Gasteiger partial charge in [0.1, 0.15) is 5.75 Å². The lowest BCUT2D eigenvalue weighted by atomic mass is 10.1. The number of benzene rings is 1. The van der Waals surface area contributed by atoms with Crippen molar-refractivity contribution in [1.82, 2.24) is 20.0 Å². The van der Waals surface area contributed by atoms with Crippen LogP contribution in [0.1, 0.15) is 37.9 Å². The van der Waals surface area contributed by atoms with Gasteiger partial charge in [-0.15, -0.1) is 13.2 Å². The fraction of sp³-hybridized carbons (Fsp3) is 0.565. The number of piperidine rings is 1. The molecule has 1 aromatic carbocycles. The first-order valence-corrected chi connectivity index (χ1v) is 11.2. The minimum Gasteiger partial charge on any atom is -0.406 e. The van der Waals surface area contributed by atoms with Crippen molar-refractivity contribution < 1.29 is 27.4 Å². The molecule has 0 bridgehead atoms. The number of H-pyrrole nitrogens is 1. The number of ether oxygens (including phenoxy) is 2. The highest BCUT2D eigenvalue weighted by molar-refractivity contribution is 5.70. The first-order valence-electron chi connectivity index (χ1n) is 11.2. The largest absolute Gasteiger partial charge is 0.573 e. The van der Waals surface area contributed by atoms with E-state index in [2.05, 4.69) is 26.8 Å². The highest BCUT2D eigenvalue weighted by Crippen LogP contribution is 2.52. The second-order valence-electron chi connectivity index (χ2n) is 9.10. The van der Waals surface area contributed by atoms with Crippen molar-refractivity contribution in [3.63, 3.8) is 0 Å². The van der Waals surface area contributed by atoms with Gasteiger partial charge in [-0.3, -0.25) is 0 Å². The lowest BCUT2D eigenvalue weighted by Gasteiger charge is -2.24. The molecule has 33 heavy (non-hydrogen) atoms. The van der Waals surface area contributed by atoms with Crippen LogP contribution in [0.2, 0.25) is 0 Å². The van der Waals surface area contributed by atoms with Gasteiger partial charge in [0.15, 0.2) is 0 Å². The molecule has 2 fully saturated rings. The van der Waals surface area contributed by atoms with Crippen LogP contribution in [-0.2, 0) is 6.54 Å². The molecular formula is C23H29F3N4O3. The van der Waals surface area contributed by atoms with Crippen LogP contribution in [0.25, 0.3) is 0 Å². The average Bonchev–Trinajstić information content (AvgIpc) is 3.11. The minimum absolute atomic E-state index is 0.118. The molecule has 1 saturated carbocycles. The number of amides is 1. The highest BCUT2D eigenvalue weighted by Gasteiger charge is 2.55. The number of aromatic amines is 1. The third kappa shape index (κ3) is 5.79. The van der Waals surface area contributed by atoms with Crippen LogP contribution < -0.4 is 9.47 Å². The first kappa shape index (κ1) is 23.4. The van der Waals surface area contributed by atoms with Crippen molar-refractivity contribution in [1.29, 1.82) is 0 Å². The van der Waals surface area contributed by atoms with Crippen molar-refractivity contribution in [3.05, 3.63) is 41.6 Å². The van der Waals surface area contributed by atoms with Gasteiger partial charge in [-0.2, -0.15) is 5.10 Å². The number of aromatic nitrogens is 2. The smallest absolute Gasteiger partial charge is 0.406 e. The molecule has 1 aliphatic carbocycles. The van der Waals surface area contributed by atoms with E-state index in [1.807, 2.05) is 13.8 Å². The van der Waals surface area contributed by atoms with Crippen molar-refractivity contribution in [3.8, 4) is 11.6 Å². The lowest BCUT2D eigenvalue weighted by Crippen LogP contribution is -2.36. The molecule has 0 radical (unpaired) electrons. The van der Waals surface area contributed by atoms with E-state index in [4.69, 9.17) is 4.74 Å². The third-order valence-corrected chi connectivity index (χ3v) is 6.45. The van der Waals surface area contributed by atoms with E-state index in [0.717, 1.165) is 25.3 Å². The van der Waals surface area contributed by atoms with E-state index in [9.17, 15) is 18.0 Å². The predicted molar refractivity (Wildman–Crippen MR) is 115 cm³/mol. The van der Waals surface area contributed by atoms with Crippen LogP contribution in [0.15, 0.2) is 30.3 Å². The van der Waals surface area contributed by atoms with E-state index < -0.39 is 12.5 Å². The Morgan fingerprint density at radius 2 is 2.00 bits per heavy atom. The Hall–Kier alpha value is -2.75. The van der Waals surface area contributed by atoms with Gasteiger partial charge in [0.2, 0.25) is 5.88 Å². The monoisotopic (exact) mass is 466 g/mol. The second kappa shape index (κ2) is 9.24. The number of alkyl halides is 3. The van der Waals surface area contributed by atoms with Crippen molar-refractivity contribution in [2.45, 2.75) is 39.6 Å². The van der Waals surface area contributed by atoms with E-state index in [-0.39, 0.29) is 24.1 Å². The molecule has 2 unspecified atom stereocenters. The number of carbonyl (C=O) groups excluding carboxylic acids is 1. The summed E-state index contributed by atoms with van der Waals surface area (Å²) in [6.45, 7) is 9.74. The SMILES string of the molecule is CCN1CC2C(C1)C2CN(Cc1cccc(OC(F)(F)F)c1)C(=O)Oc1cc(C(C)C)n[nH]1. The summed E-state index contributed by atoms with van der Waals surface area (Å²) in [5, 5.41) is 6.87. The number of carbonyl (C=O) groups is 1. The number of hydrogen-bond donors (Lipinski definition) is 1. The molecule has 10 heteroatoms. The van der Waals surface area contributed by atoms with Gasteiger partial charge in [-0.25, -0.2) is 9.89 Å². The van der Waals surface area contributed by atoms with Gasteiger partial charge in [-0.05, 0) is 47.9 Å². The van der Waals surface area contributed by atoms with E-state index >= 15 is 0 Å². The summed E-state index contributed by atoms with van der Waals surface area (Å²) >= 11 is 0. The maximum Gasteiger partial charge on any atom is 0.573 e. The molecule has 7 nitrogen and oxygen atoms in total. The predicted octanol–water partition coefficient (Wildman–Crippen LogP) is 4.63. The van der Waals surface area contributed by atoms with Crippen LogP contribution in [-0.4, -0.2) is 58.6 Å². The van der Waals surface area contributed by atoms with Gasteiger partial charge in [-0.1, -0.05) is 32.9 Å². The summed E-state index contributed by atoms with van der Waals surface area (Å²) in [4.78, 5) is 17.0. The van der Waals surface area contributed by atoms with Crippen molar-refractivity contribution in [2.75, 3.05) is 26.2 Å². The maximum absolute atomic E-state index is 13.0. The summed E-state index contributed by atoms with van der Waals surface area (Å²) in [5.41, 5.74) is 1.31. The quantitative estimate of drug-likeness (QED) is 0.614. The van der Waals surface area contributed by atoms with Crippen LogP contribution in [0.3, 0.4) is 0 Å².